The van der Waals surface area contributed by atoms with Gasteiger partial charge in [-0.2, -0.15) is 5.10 Å². The van der Waals surface area contributed by atoms with Gasteiger partial charge < -0.3 is 4.90 Å². The van der Waals surface area contributed by atoms with E-state index in [0.717, 1.165) is 57.5 Å². The van der Waals surface area contributed by atoms with Gasteiger partial charge in [0, 0.05) is 23.8 Å². The van der Waals surface area contributed by atoms with E-state index in [2.05, 4.69) is 45.1 Å². The predicted octanol–water partition coefficient (Wildman–Crippen LogP) is 4.25. The molecular weight excluding hydrogens is 392 g/mol. The van der Waals surface area contributed by atoms with Gasteiger partial charge in [0.1, 0.15) is 0 Å². The zero-order chi connectivity index (χ0) is 18.6. The zero-order valence-electron chi connectivity index (χ0n) is 15.4. The summed E-state index contributed by atoms with van der Waals surface area (Å²) in [6, 6.07) is 6.10. The van der Waals surface area contributed by atoms with Crippen LogP contribution >= 0.6 is 15.9 Å². The van der Waals surface area contributed by atoms with E-state index in [1.807, 2.05) is 31.9 Å². The van der Waals surface area contributed by atoms with Crippen molar-refractivity contribution in [1.29, 1.82) is 0 Å². The molecule has 0 spiro atoms. The molecule has 0 bridgehead atoms. The molecule has 0 unspecified atom stereocenters. The molecule has 0 saturated heterocycles. The van der Waals surface area contributed by atoms with E-state index in [1.165, 1.54) is 5.56 Å². The maximum absolute atomic E-state index is 13.6. The van der Waals surface area contributed by atoms with E-state index in [4.69, 9.17) is 0 Å². The SMILES string of the molecule is Cc1cc(C(=O)N2CCCc3cc(Br)cc(C)c32)c2c(C)nn(C)c2n1. The highest BCUT2D eigenvalue weighted by Gasteiger charge is 2.28. The average Bonchev–Trinajstić information content (AvgIpc) is 2.86. The molecule has 1 aliphatic rings. The fourth-order valence-corrected chi connectivity index (χ4v) is 4.63. The topological polar surface area (TPSA) is 51.0 Å². The third kappa shape index (κ3) is 2.63. The van der Waals surface area contributed by atoms with Crippen molar-refractivity contribution in [3.63, 3.8) is 0 Å². The van der Waals surface area contributed by atoms with Crippen LogP contribution in [0.5, 0.6) is 0 Å². The Kier molecular flexibility index (Phi) is 4.10. The molecule has 2 aromatic heterocycles. The molecule has 0 fully saturated rings. The zero-order valence-corrected chi connectivity index (χ0v) is 17.0. The molecule has 0 radical (unpaired) electrons. The quantitative estimate of drug-likeness (QED) is 0.600. The first-order valence-corrected chi connectivity index (χ1v) is 9.58. The number of hydrogen-bond acceptors (Lipinski definition) is 3. The lowest BCUT2D eigenvalue weighted by Gasteiger charge is -2.31. The molecule has 1 aliphatic heterocycles. The van der Waals surface area contributed by atoms with Crippen molar-refractivity contribution < 1.29 is 4.79 Å². The molecular formula is C20H21BrN4O. The first-order chi connectivity index (χ1) is 12.4. The van der Waals surface area contributed by atoms with Crippen LogP contribution in [0.3, 0.4) is 0 Å². The van der Waals surface area contributed by atoms with E-state index in [9.17, 15) is 4.79 Å². The molecule has 26 heavy (non-hydrogen) atoms. The smallest absolute Gasteiger partial charge is 0.259 e. The van der Waals surface area contributed by atoms with Gasteiger partial charge in [-0.25, -0.2) is 4.98 Å². The average molecular weight is 413 g/mol. The number of benzene rings is 1. The number of carbonyl (C=O) groups is 1. The number of rotatable bonds is 1. The van der Waals surface area contributed by atoms with Gasteiger partial charge in [-0.05, 0) is 62.9 Å². The molecule has 1 amide bonds. The number of halogens is 1. The van der Waals surface area contributed by atoms with Gasteiger partial charge in [-0.1, -0.05) is 15.9 Å². The van der Waals surface area contributed by atoms with Gasteiger partial charge in [-0.3, -0.25) is 9.48 Å². The second-order valence-corrected chi connectivity index (χ2v) is 7.93. The van der Waals surface area contributed by atoms with Crippen molar-refractivity contribution in [1.82, 2.24) is 14.8 Å². The maximum atomic E-state index is 13.6. The molecule has 3 aromatic rings. The Labute approximate surface area is 161 Å². The Morgan fingerprint density at radius 2 is 1.96 bits per heavy atom. The van der Waals surface area contributed by atoms with Crippen LogP contribution in [-0.2, 0) is 13.5 Å². The molecule has 0 atom stereocenters. The van der Waals surface area contributed by atoms with Gasteiger partial charge in [0.05, 0.1) is 22.3 Å². The van der Waals surface area contributed by atoms with E-state index < -0.39 is 0 Å². The van der Waals surface area contributed by atoms with Gasteiger partial charge in [0.25, 0.3) is 5.91 Å². The van der Waals surface area contributed by atoms with Crippen LogP contribution in [0.4, 0.5) is 5.69 Å². The summed E-state index contributed by atoms with van der Waals surface area (Å²) in [6.07, 6.45) is 1.96. The van der Waals surface area contributed by atoms with Crippen molar-refractivity contribution in [3.05, 3.63) is 50.8 Å². The number of hydrogen-bond donors (Lipinski definition) is 0. The summed E-state index contributed by atoms with van der Waals surface area (Å²) >= 11 is 3.57. The molecule has 0 aliphatic carbocycles. The monoisotopic (exact) mass is 412 g/mol. The van der Waals surface area contributed by atoms with Gasteiger partial charge in [0.15, 0.2) is 5.65 Å². The highest BCUT2D eigenvalue weighted by molar-refractivity contribution is 9.10. The predicted molar refractivity (Wildman–Crippen MR) is 107 cm³/mol. The summed E-state index contributed by atoms with van der Waals surface area (Å²) in [5.74, 6) is 0.0305. The van der Waals surface area contributed by atoms with E-state index in [0.29, 0.717) is 5.56 Å². The van der Waals surface area contributed by atoms with Crippen LogP contribution in [0.15, 0.2) is 22.7 Å². The van der Waals surface area contributed by atoms with Gasteiger partial charge in [-0.15, -0.1) is 0 Å². The highest BCUT2D eigenvalue weighted by Crippen LogP contribution is 2.35. The summed E-state index contributed by atoms with van der Waals surface area (Å²) in [4.78, 5) is 20.1. The van der Waals surface area contributed by atoms with Crippen LogP contribution in [0.1, 0.15) is 39.3 Å². The lowest BCUT2D eigenvalue weighted by Crippen LogP contribution is -2.36. The van der Waals surface area contributed by atoms with Crippen molar-refractivity contribution in [2.75, 3.05) is 11.4 Å². The fraction of sp³-hybridized carbons (Fsp3) is 0.350. The van der Waals surface area contributed by atoms with Crippen molar-refractivity contribution >= 4 is 38.6 Å². The second kappa shape index (κ2) is 6.20. The normalized spacial score (nSPS) is 14.0. The van der Waals surface area contributed by atoms with Crippen molar-refractivity contribution in [2.24, 2.45) is 7.05 Å². The minimum absolute atomic E-state index is 0.0305. The minimum atomic E-state index is 0.0305. The molecule has 3 heterocycles. The van der Waals surface area contributed by atoms with Crippen LogP contribution in [-0.4, -0.2) is 27.2 Å². The third-order valence-electron chi connectivity index (χ3n) is 5.01. The molecule has 4 rings (SSSR count). The summed E-state index contributed by atoms with van der Waals surface area (Å²) in [7, 11) is 1.87. The fourth-order valence-electron chi connectivity index (χ4n) is 4.01. The largest absolute Gasteiger partial charge is 0.308 e. The first kappa shape index (κ1) is 17.2. The van der Waals surface area contributed by atoms with Crippen LogP contribution in [0.25, 0.3) is 11.0 Å². The Balaban J connectivity index is 1.90. The number of aryl methyl sites for hydroxylation is 5. The number of aromatic nitrogens is 3. The summed E-state index contributed by atoms with van der Waals surface area (Å²) in [5, 5.41) is 5.32. The highest BCUT2D eigenvalue weighted by atomic mass is 79.9. The lowest BCUT2D eigenvalue weighted by atomic mass is 9.97. The number of fused-ring (bicyclic) bond motifs is 2. The van der Waals surface area contributed by atoms with Crippen LogP contribution in [0, 0.1) is 20.8 Å². The summed E-state index contributed by atoms with van der Waals surface area (Å²) < 4.78 is 2.81. The van der Waals surface area contributed by atoms with Gasteiger partial charge in [0.2, 0.25) is 0 Å². The first-order valence-electron chi connectivity index (χ1n) is 8.78. The maximum Gasteiger partial charge on any atom is 0.259 e. The molecule has 134 valence electrons. The molecule has 1 aromatic carbocycles. The van der Waals surface area contributed by atoms with Gasteiger partial charge >= 0.3 is 0 Å². The van der Waals surface area contributed by atoms with Crippen LogP contribution < -0.4 is 4.90 Å². The number of anilines is 1. The van der Waals surface area contributed by atoms with Crippen molar-refractivity contribution in [2.45, 2.75) is 33.6 Å². The molecule has 6 heteroatoms. The Bertz CT molecular complexity index is 1050. The van der Waals surface area contributed by atoms with E-state index in [-0.39, 0.29) is 5.91 Å². The summed E-state index contributed by atoms with van der Waals surface area (Å²) in [6.45, 7) is 6.65. The Morgan fingerprint density at radius 3 is 2.73 bits per heavy atom. The minimum Gasteiger partial charge on any atom is -0.308 e. The van der Waals surface area contributed by atoms with E-state index >= 15 is 0 Å². The number of nitrogens with zero attached hydrogens (tertiary/aromatic N) is 4. The standard InChI is InChI=1S/C20H21BrN4O/c1-11-8-15(21)10-14-6-5-7-25(18(11)14)20(26)16-9-12(2)22-19-17(16)13(3)23-24(19)4/h8-10H,5-7H2,1-4H3. The molecule has 0 N–H and O–H groups in total. The number of amides is 1. The Morgan fingerprint density at radius 1 is 1.19 bits per heavy atom. The second-order valence-electron chi connectivity index (χ2n) is 7.01. The molecule has 5 nitrogen and oxygen atoms in total. The third-order valence-corrected chi connectivity index (χ3v) is 5.47. The lowest BCUT2D eigenvalue weighted by molar-refractivity contribution is 0.0986. The Hall–Kier alpha value is -2.21. The summed E-state index contributed by atoms with van der Waals surface area (Å²) in [5.41, 5.74) is 6.50. The molecule has 0 saturated carbocycles. The number of carbonyl (C=O) groups excluding carboxylic acids is 1. The van der Waals surface area contributed by atoms with Crippen LogP contribution in [0.2, 0.25) is 0 Å². The van der Waals surface area contributed by atoms with Crippen molar-refractivity contribution in [3.8, 4) is 0 Å². The number of pyridine rings is 1. The van der Waals surface area contributed by atoms with E-state index in [1.54, 1.807) is 4.68 Å².